The van der Waals surface area contributed by atoms with E-state index in [1.807, 2.05) is 30.3 Å². The number of hydrogen-bond donors (Lipinski definition) is 4. The summed E-state index contributed by atoms with van der Waals surface area (Å²) in [6.07, 6.45) is 7.10. The second-order valence-electron chi connectivity index (χ2n) is 8.70. The molecule has 5 rings (SSSR count). The molecule has 3 aromatic heterocycles. The third-order valence-electron chi connectivity index (χ3n) is 6.26. The number of carboxylic acid groups (broad SMARTS) is 1. The van der Waals surface area contributed by atoms with Crippen LogP contribution in [-0.4, -0.2) is 63.1 Å². The predicted molar refractivity (Wildman–Crippen MR) is 135 cm³/mol. The Bertz CT molecular complexity index is 1380. The number of anilines is 2. The lowest BCUT2D eigenvalue weighted by molar-refractivity contribution is 0.102. The molecular weight excluding hydrogens is 462 g/mol. The number of aromatic nitrogens is 4. The molecule has 0 spiro atoms. The van der Waals surface area contributed by atoms with E-state index in [1.165, 1.54) is 0 Å². The van der Waals surface area contributed by atoms with Crippen LogP contribution in [0.1, 0.15) is 28.8 Å². The lowest BCUT2D eigenvalue weighted by Gasteiger charge is -2.35. The fourth-order valence-electron chi connectivity index (χ4n) is 4.63. The number of nitrogens with zero attached hydrogens (tertiary/aromatic N) is 4. The summed E-state index contributed by atoms with van der Waals surface area (Å²) in [5.74, 6) is 0.248. The first kappa shape index (κ1) is 23.2. The van der Waals surface area contributed by atoms with E-state index in [4.69, 9.17) is 4.74 Å². The van der Waals surface area contributed by atoms with Gasteiger partial charge >= 0.3 is 6.09 Å². The summed E-state index contributed by atoms with van der Waals surface area (Å²) in [4.78, 5) is 34.0. The minimum Gasteiger partial charge on any atom is -0.493 e. The fourth-order valence-corrected chi connectivity index (χ4v) is 4.63. The van der Waals surface area contributed by atoms with Crippen LogP contribution in [0.15, 0.2) is 55.1 Å². The first-order valence-corrected chi connectivity index (χ1v) is 11.7. The highest BCUT2D eigenvalue weighted by Crippen LogP contribution is 2.40. The first-order valence-electron chi connectivity index (χ1n) is 11.7. The average Bonchev–Trinajstić information content (AvgIpc) is 3.51. The van der Waals surface area contributed by atoms with Crippen molar-refractivity contribution in [3.8, 4) is 5.75 Å². The number of carbonyl (C=O) groups is 2. The molecule has 1 saturated heterocycles. The zero-order chi connectivity index (χ0) is 25.1. The first-order chi connectivity index (χ1) is 17.5. The topological polar surface area (TPSA) is 137 Å². The van der Waals surface area contributed by atoms with E-state index < -0.39 is 6.09 Å². The molecule has 1 aromatic carbocycles. The standard InChI is InChI=1S/C25H27N7O4/c1-36-20-12-27-23-21(22(20)31-9-5-8-18(15-31)29-25(34)35)19(11-26-23)30-24(33)17-10-28-32(14-17)13-16-6-3-2-4-7-16/h2-4,6-7,10-12,14,18,29H,5,8-9,13,15H2,1H3,(H,26,27)(H,30,33)(H,34,35)/t18-/m1/s1. The summed E-state index contributed by atoms with van der Waals surface area (Å²) < 4.78 is 7.34. The number of piperidine rings is 1. The van der Waals surface area contributed by atoms with Crippen LogP contribution in [0.2, 0.25) is 0 Å². The molecule has 186 valence electrons. The molecule has 1 aliphatic heterocycles. The second kappa shape index (κ2) is 9.98. The Morgan fingerprint density at radius 2 is 2.08 bits per heavy atom. The molecule has 2 amide bonds. The van der Waals surface area contributed by atoms with E-state index in [2.05, 4.69) is 30.6 Å². The SMILES string of the molecule is COc1cnc2[nH]cc(NC(=O)c3cnn(Cc4ccccc4)c3)c2c1N1CCC[C@@H](NC(=O)O)C1. The van der Waals surface area contributed by atoms with E-state index in [1.54, 1.807) is 36.6 Å². The highest BCUT2D eigenvalue weighted by molar-refractivity contribution is 6.12. The number of nitrogens with one attached hydrogen (secondary N) is 3. The molecule has 36 heavy (non-hydrogen) atoms. The quantitative estimate of drug-likeness (QED) is 0.313. The van der Waals surface area contributed by atoms with Crippen LogP contribution in [0.4, 0.5) is 16.2 Å². The van der Waals surface area contributed by atoms with Gasteiger partial charge in [-0.2, -0.15) is 5.10 Å². The van der Waals surface area contributed by atoms with Crippen molar-refractivity contribution in [3.63, 3.8) is 0 Å². The van der Waals surface area contributed by atoms with Gasteiger partial charge in [-0.15, -0.1) is 0 Å². The van der Waals surface area contributed by atoms with Crippen molar-refractivity contribution in [2.75, 3.05) is 30.4 Å². The molecule has 1 atom stereocenters. The van der Waals surface area contributed by atoms with Gasteiger partial charge in [0.2, 0.25) is 0 Å². The molecule has 0 unspecified atom stereocenters. The average molecular weight is 490 g/mol. The molecule has 1 fully saturated rings. The Hall–Kier alpha value is -4.54. The monoisotopic (exact) mass is 489 g/mol. The Kier molecular flexibility index (Phi) is 6.44. The van der Waals surface area contributed by atoms with E-state index in [-0.39, 0.29) is 11.9 Å². The van der Waals surface area contributed by atoms with Gasteiger partial charge in [-0.1, -0.05) is 30.3 Å². The zero-order valence-electron chi connectivity index (χ0n) is 19.8. The van der Waals surface area contributed by atoms with Gasteiger partial charge in [0, 0.05) is 31.5 Å². The summed E-state index contributed by atoms with van der Waals surface area (Å²) >= 11 is 0. The van der Waals surface area contributed by atoms with Crippen molar-refractivity contribution in [1.29, 1.82) is 0 Å². The molecule has 1 aliphatic rings. The molecule has 0 saturated carbocycles. The van der Waals surface area contributed by atoms with Gasteiger partial charge in [-0.25, -0.2) is 9.78 Å². The van der Waals surface area contributed by atoms with Crippen molar-refractivity contribution >= 4 is 34.4 Å². The largest absolute Gasteiger partial charge is 0.493 e. The van der Waals surface area contributed by atoms with E-state index in [0.717, 1.165) is 30.6 Å². The third-order valence-corrected chi connectivity index (χ3v) is 6.26. The Morgan fingerprint density at radius 3 is 2.86 bits per heavy atom. The number of benzene rings is 1. The van der Waals surface area contributed by atoms with Gasteiger partial charge < -0.3 is 30.4 Å². The van der Waals surface area contributed by atoms with Crippen molar-refractivity contribution in [2.45, 2.75) is 25.4 Å². The lowest BCUT2D eigenvalue weighted by atomic mass is 10.0. The number of amides is 2. The maximum atomic E-state index is 13.1. The van der Waals surface area contributed by atoms with Crippen LogP contribution in [0, 0.1) is 0 Å². The van der Waals surface area contributed by atoms with Crippen molar-refractivity contribution in [3.05, 3.63) is 66.2 Å². The maximum absolute atomic E-state index is 13.1. The molecule has 0 aliphatic carbocycles. The number of hydrogen-bond acceptors (Lipinski definition) is 6. The summed E-state index contributed by atoms with van der Waals surface area (Å²) in [6, 6.07) is 9.68. The van der Waals surface area contributed by atoms with Crippen LogP contribution < -0.4 is 20.3 Å². The number of aromatic amines is 1. The molecular formula is C25H27N7O4. The number of fused-ring (bicyclic) bond motifs is 1. The van der Waals surface area contributed by atoms with Crippen LogP contribution >= 0.6 is 0 Å². The van der Waals surface area contributed by atoms with Gasteiger partial charge in [0.15, 0.2) is 5.75 Å². The van der Waals surface area contributed by atoms with Gasteiger partial charge in [0.25, 0.3) is 5.91 Å². The van der Waals surface area contributed by atoms with Gasteiger partial charge in [-0.3, -0.25) is 9.48 Å². The smallest absolute Gasteiger partial charge is 0.404 e. The molecule has 0 bridgehead atoms. The summed E-state index contributed by atoms with van der Waals surface area (Å²) in [7, 11) is 1.56. The number of H-pyrrole nitrogens is 1. The van der Waals surface area contributed by atoms with Crippen LogP contribution in [0.3, 0.4) is 0 Å². The molecule has 0 radical (unpaired) electrons. The summed E-state index contributed by atoms with van der Waals surface area (Å²) in [6.45, 7) is 1.76. The highest BCUT2D eigenvalue weighted by Gasteiger charge is 2.27. The summed E-state index contributed by atoms with van der Waals surface area (Å²) in [5, 5.41) is 19.8. The van der Waals surface area contributed by atoms with E-state index in [9.17, 15) is 14.7 Å². The lowest BCUT2D eigenvalue weighted by Crippen LogP contribution is -2.47. The normalized spacial score (nSPS) is 15.6. The number of rotatable bonds is 7. The van der Waals surface area contributed by atoms with Crippen molar-refractivity contribution < 1.29 is 19.4 Å². The van der Waals surface area contributed by atoms with Gasteiger partial charge in [0.1, 0.15) is 5.65 Å². The number of methoxy groups -OCH3 is 1. The van der Waals surface area contributed by atoms with Gasteiger partial charge in [-0.05, 0) is 18.4 Å². The van der Waals surface area contributed by atoms with Crippen molar-refractivity contribution in [1.82, 2.24) is 25.1 Å². The minimum atomic E-state index is -1.05. The van der Waals surface area contributed by atoms with Crippen molar-refractivity contribution in [2.24, 2.45) is 0 Å². The van der Waals surface area contributed by atoms with Crippen LogP contribution in [0.25, 0.3) is 11.0 Å². The molecule has 11 nitrogen and oxygen atoms in total. The minimum absolute atomic E-state index is 0.211. The Balaban J connectivity index is 1.41. The molecule has 4 aromatic rings. The van der Waals surface area contributed by atoms with E-state index in [0.29, 0.717) is 41.1 Å². The maximum Gasteiger partial charge on any atom is 0.404 e. The third kappa shape index (κ3) is 4.81. The molecule has 4 heterocycles. The highest BCUT2D eigenvalue weighted by atomic mass is 16.5. The van der Waals surface area contributed by atoms with Crippen LogP contribution in [-0.2, 0) is 6.54 Å². The van der Waals surface area contributed by atoms with E-state index >= 15 is 0 Å². The fraction of sp³-hybridized carbons (Fsp3) is 0.280. The number of ether oxygens (including phenoxy) is 1. The zero-order valence-corrected chi connectivity index (χ0v) is 19.8. The summed E-state index contributed by atoms with van der Waals surface area (Å²) in [5.41, 5.74) is 3.43. The van der Waals surface area contributed by atoms with Crippen LogP contribution in [0.5, 0.6) is 5.75 Å². The molecule has 11 heteroatoms. The van der Waals surface area contributed by atoms with Gasteiger partial charge in [0.05, 0.1) is 48.4 Å². The Morgan fingerprint density at radius 1 is 1.25 bits per heavy atom. The number of pyridine rings is 1. The number of carbonyl (C=O) groups excluding carboxylic acids is 1. The Labute approximate surface area is 207 Å². The predicted octanol–water partition coefficient (Wildman–Crippen LogP) is 3.31. The second-order valence-corrected chi connectivity index (χ2v) is 8.70. The molecule has 4 N–H and O–H groups in total.